The Kier molecular flexibility index (Phi) is 9.48. The summed E-state index contributed by atoms with van der Waals surface area (Å²) in [7, 11) is -3.19. The maximum absolute atomic E-state index is 12.8. The molecule has 0 heterocycles. The molecule has 4 aliphatic rings. The number of benzene rings is 1. The molecule has 7 unspecified atom stereocenters. The third-order valence-electron chi connectivity index (χ3n) is 9.45. The molecule has 5 rings (SSSR count). The smallest absolute Gasteiger partial charge is 0.178 e. The van der Waals surface area contributed by atoms with Gasteiger partial charge in [-0.05, 0) is 105 Å². The van der Waals surface area contributed by atoms with Crippen molar-refractivity contribution in [3.05, 3.63) is 42.0 Å². The molecule has 0 aliphatic heterocycles. The summed E-state index contributed by atoms with van der Waals surface area (Å²) < 4.78 is 25.7. The summed E-state index contributed by atoms with van der Waals surface area (Å²) in [5, 5.41) is 10.1. The fraction of sp³-hybridized carbons (Fsp3) is 0.733. The molecule has 0 aromatic heterocycles. The molecule has 1 N–H and O–H groups in total. The molecule has 34 heavy (non-hydrogen) atoms. The van der Waals surface area contributed by atoms with Gasteiger partial charge in [-0.15, -0.1) is 0 Å². The summed E-state index contributed by atoms with van der Waals surface area (Å²) in [6.45, 7) is 10.5. The first-order valence-corrected chi connectivity index (χ1v) is 15.7. The van der Waals surface area contributed by atoms with Gasteiger partial charge in [0, 0.05) is 0 Å². The van der Waals surface area contributed by atoms with Gasteiger partial charge in [0.1, 0.15) is 0 Å². The molecule has 4 heteroatoms. The number of aliphatic hydroxyl groups is 1. The molecule has 1 aromatic carbocycles. The van der Waals surface area contributed by atoms with E-state index in [1.807, 2.05) is 45.9 Å². The normalized spacial score (nSPS) is 36.4. The maximum Gasteiger partial charge on any atom is 0.178 e. The standard InChI is InChI=1S/C26H36O3S.2C2H6/c1-26-15-13-23-22-11-9-20(27)17-18(22)7-10-24(23)25(26)12-8-19(26)14-16-30(28,29)21-5-3-2-4-6-21;2*1-2/h2-7,19-20,22-25,27H,8-17H2,1H3;2*1-2H3. The molecule has 0 saturated heterocycles. The van der Waals surface area contributed by atoms with E-state index in [-0.39, 0.29) is 11.9 Å². The van der Waals surface area contributed by atoms with Gasteiger partial charge < -0.3 is 5.11 Å². The molecule has 7 atom stereocenters. The maximum atomic E-state index is 12.8. The molecule has 3 saturated carbocycles. The second kappa shape index (κ2) is 11.7. The van der Waals surface area contributed by atoms with Crippen LogP contribution in [0.3, 0.4) is 0 Å². The zero-order chi connectivity index (χ0) is 24.9. The minimum Gasteiger partial charge on any atom is -0.393 e. The molecule has 1 aromatic rings. The minimum atomic E-state index is -3.19. The summed E-state index contributed by atoms with van der Waals surface area (Å²) in [6.07, 6.45) is 12.4. The van der Waals surface area contributed by atoms with E-state index in [9.17, 15) is 13.5 Å². The average molecular weight is 489 g/mol. The monoisotopic (exact) mass is 488 g/mol. The molecule has 0 bridgehead atoms. The number of rotatable bonds is 4. The molecule has 3 fully saturated rings. The summed E-state index contributed by atoms with van der Waals surface area (Å²) in [5.74, 6) is 3.81. The van der Waals surface area contributed by atoms with E-state index >= 15 is 0 Å². The molecule has 0 radical (unpaired) electrons. The van der Waals surface area contributed by atoms with Crippen molar-refractivity contribution < 1.29 is 13.5 Å². The van der Waals surface area contributed by atoms with Gasteiger partial charge in [0.15, 0.2) is 9.84 Å². The fourth-order valence-electron chi connectivity index (χ4n) is 7.88. The van der Waals surface area contributed by atoms with Crippen LogP contribution in [-0.2, 0) is 9.84 Å². The second-order valence-electron chi connectivity index (χ2n) is 10.7. The third kappa shape index (κ3) is 5.33. The predicted octanol–water partition coefficient (Wildman–Crippen LogP) is 7.45. The summed E-state index contributed by atoms with van der Waals surface area (Å²) in [6, 6.07) is 8.96. The highest BCUT2D eigenvalue weighted by Gasteiger charge is 2.55. The Balaban J connectivity index is 0.000000771. The molecular formula is C30H48O3S. The molecule has 3 nitrogen and oxygen atoms in total. The topological polar surface area (TPSA) is 54.4 Å². The van der Waals surface area contributed by atoms with Crippen LogP contribution in [0.2, 0.25) is 0 Å². The van der Waals surface area contributed by atoms with Gasteiger partial charge in [-0.1, -0.05) is 64.5 Å². The van der Waals surface area contributed by atoms with Crippen LogP contribution in [0.15, 0.2) is 46.9 Å². The Morgan fingerprint density at radius 2 is 1.65 bits per heavy atom. The third-order valence-corrected chi connectivity index (χ3v) is 11.2. The van der Waals surface area contributed by atoms with Gasteiger partial charge in [0.05, 0.1) is 16.8 Å². The van der Waals surface area contributed by atoms with E-state index in [0.29, 0.717) is 22.1 Å². The van der Waals surface area contributed by atoms with E-state index in [2.05, 4.69) is 13.0 Å². The van der Waals surface area contributed by atoms with Gasteiger partial charge in [-0.3, -0.25) is 0 Å². The summed E-state index contributed by atoms with van der Waals surface area (Å²) in [5.41, 5.74) is 1.84. The van der Waals surface area contributed by atoms with Crippen molar-refractivity contribution in [3.8, 4) is 0 Å². The van der Waals surface area contributed by atoms with Crippen molar-refractivity contribution in [1.29, 1.82) is 0 Å². The van der Waals surface area contributed by atoms with Crippen molar-refractivity contribution in [2.75, 3.05) is 5.75 Å². The Morgan fingerprint density at radius 1 is 0.941 bits per heavy atom. The zero-order valence-corrected chi connectivity index (χ0v) is 23.0. The van der Waals surface area contributed by atoms with Crippen molar-refractivity contribution in [2.45, 2.75) is 103 Å². The van der Waals surface area contributed by atoms with Crippen LogP contribution in [-0.4, -0.2) is 25.4 Å². The van der Waals surface area contributed by atoms with E-state index in [4.69, 9.17) is 0 Å². The number of fused-ring (bicyclic) bond motifs is 5. The van der Waals surface area contributed by atoms with Crippen molar-refractivity contribution >= 4 is 9.84 Å². The Bertz CT molecular complexity index is 906. The minimum absolute atomic E-state index is 0.125. The van der Waals surface area contributed by atoms with E-state index < -0.39 is 9.84 Å². The van der Waals surface area contributed by atoms with Crippen molar-refractivity contribution in [1.82, 2.24) is 0 Å². The number of sulfone groups is 1. The Hall–Kier alpha value is -1.13. The molecular weight excluding hydrogens is 440 g/mol. The van der Waals surface area contributed by atoms with E-state index in [0.717, 1.165) is 43.4 Å². The number of hydrogen-bond acceptors (Lipinski definition) is 3. The first-order valence-electron chi connectivity index (χ1n) is 14.0. The van der Waals surface area contributed by atoms with Gasteiger partial charge in [0.2, 0.25) is 0 Å². The second-order valence-corrected chi connectivity index (χ2v) is 12.8. The quantitative estimate of drug-likeness (QED) is 0.448. The molecule has 0 spiro atoms. The lowest BCUT2D eigenvalue weighted by Gasteiger charge is -2.53. The van der Waals surface area contributed by atoms with Crippen LogP contribution in [0.25, 0.3) is 0 Å². The van der Waals surface area contributed by atoms with Gasteiger partial charge in [0.25, 0.3) is 0 Å². The lowest BCUT2D eigenvalue weighted by atomic mass is 9.51. The zero-order valence-electron chi connectivity index (χ0n) is 22.2. The van der Waals surface area contributed by atoms with Crippen LogP contribution >= 0.6 is 0 Å². The van der Waals surface area contributed by atoms with Gasteiger partial charge >= 0.3 is 0 Å². The van der Waals surface area contributed by atoms with Gasteiger partial charge in [-0.25, -0.2) is 8.42 Å². The largest absolute Gasteiger partial charge is 0.393 e. The summed E-state index contributed by atoms with van der Waals surface area (Å²) in [4.78, 5) is 0.470. The molecule has 0 amide bonds. The lowest BCUT2D eigenvalue weighted by Crippen LogP contribution is -2.46. The Morgan fingerprint density at radius 3 is 2.35 bits per heavy atom. The molecule has 192 valence electrons. The fourth-order valence-corrected chi connectivity index (χ4v) is 9.28. The average Bonchev–Trinajstić information content (AvgIpc) is 3.22. The number of allylic oxidation sites excluding steroid dienone is 1. The highest BCUT2D eigenvalue weighted by molar-refractivity contribution is 7.91. The Labute approximate surface area is 209 Å². The van der Waals surface area contributed by atoms with Crippen LogP contribution in [0.1, 0.15) is 92.4 Å². The van der Waals surface area contributed by atoms with Crippen LogP contribution < -0.4 is 0 Å². The van der Waals surface area contributed by atoms with Crippen LogP contribution in [0, 0.1) is 35.0 Å². The van der Waals surface area contributed by atoms with E-state index in [1.165, 1.54) is 32.1 Å². The first kappa shape index (κ1) is 27.5. The van der Waals surface area contributed by atoms with Crippen molar-refractivity contribution in [2.24, 2.45) is 35.0 Å². The summed E-state index contributed by atoms with van der Waals surface area (Å²) >= 11 is 0. The number of aliphatic hydroxyl groups excluding tert-OH is 1. The number of hydrogen-bond donors (Lipinski definition) is 1. The molecule has 4 aliphatic carbocycles. The highest BCUT2D eigenvalue weighted by atomic mass is 32.2. The van der Waals surface area contributed by atoms with Crippen molar-refractivity contribution in [3.63, 3.8) is 0 Å². The van der Waals surface area contributed by atoms with E-state index in [1.54, 1.807) is 17.7 Å². The first-order chi connectivity index (χ1) is 16.4. The lowest BCUT2D eigenvalue weighted by molar-refractivity contribution is -0.0186. The predicted molar refractivity (Wildman–Crippen MR) is 142 cm³/mol. The van der Waals surface area contributed by atoms with Crippen LogP contribution in [0.5, 0.6) is 0 Å². The van der Waals surface area contributed by atoms with Gasteiger partial charge in [-0.2, -0.15) is 0 Å². The highest BCUT2D eigenvalue weighted by Crippen LogP contribution is 2.63. The van der Waals surface area contributed by atoms with Crippen LogP contribution in [0.4, 0.5) is 0 Å². The SMILES string of the molecule is CC.CC.CC12CCC3C4CCC(O)CC4=CCC3C1CCC2CCS(=O)(=O)c1ccccc1.